The molecule has 0 spiro atoms. The van der Waals surface area contributed by atoms with Gasteiger partial charge in [0.2, 0.25) is 0 Å². The van der Waals surface area contributed by atoms with Gasteiger partial charge in [-0.1, -0.05) is 24.3 Å². The normalized spacial score (nSPS) is 10.2. The van der Waals surface area contributed by atoms with E-state index in [0.717, 1.165) is 16.0 Å². The molecular formula is C14H13BrOS. The van der Waals surface area contributed by atoms with Crippen LogP contribution in [0.4, 0.5) is 0 Å². The van der Waals surface area contributed by atoms with Crippen LogP contribution in [-0.4, -0.2) is 7.11 Å². The fraction of sp³-hybridized carbons (Fsp3) is 0.143. The molecule has 0 N–H and O–H groups in total. The Bertz CT molecular complexity index is 485. The molecule has 3 heteroatoms. The van der Waals surface area contributed by atoms with E-state index in [1.54, 1.807) is 7.11 Å². The van der Waals surface area contributed by atoms with E-state index < -0.39 is 0 Å². The largest absolute Gasteiger partial charge is 0.496 e. The summed E-state index contributed by atoms with van der Waals surface area (Å²) in [7, 11) is 1.69. The van der Waals surface area contributed by atoms with Crippen LogP contribution in [-0.2, 0) is 5.75 Å². The number of rotatable bonds is 4. The van der Waals surface area contributed by atoms with E-state index in [2.05, 4.69) is 52.3 Å². The Balaban J connectivity index is 2.04. The molecule has 2 rings (SSSR count). The highest BCUT2D eigenvalue weighted by Gasteiger charge is 2.02. The molecule has 2 aromatic carbocycles. The van der Waals surface area contributed by atoms with Crippen molar-refractivity contribution in [3.05, 3.63) is 58.6 Å². The van der Waals surface area contributed by atoms with Crippen molar-refractivity contribution in [3.63, 3.8) is 0 Å². The molecule has 17 heavy (non-hydrogen) atoms. The van der Waals surface area contributed by atoms with Crippen molar-refractivity contribution in [1.29, 1.82) is 0 Å². The lowest BCUT2D eigenvalue weighted by Gasteiger charge is -2.06. The van der Waals surface area contributed by atoms with E-state index in [9.17, 15) is 0 Å². The van der Waals surface area contributed by atoms with Gasteiger partial charge in [0.15, 0.2) is 0 Å². The fourth-order valence-corrected chi connectivity index (χ4v) is 2.75. The van der Waals surface area contributed by atoms with Crippen molar-refractivity contribution in [2.75, 3.05) is 7.11 Å². The Morgan fingerprint density at radius 2 is 1.88 bits per heavy atom. The highest BCUT2D eigenvalue weighted by atomic mass is 79.9. The highest BCUT2D eigenvalue weighted by Crippen LogP contribution is 2.29. The number of ether oxygens (including phenoxy) is 1. The first kappa shape index (κ1) is 12.5. The van der Waals surface area contributed by atoms with Gasteiger partial charge in [-0.15, -0.1) is 11.8 Å². The zero-order chi connectivity index (χ0) is 12.1. The first-order valence-electron chi connectivity index (χ1n) is 5.30. The van der Waals surface area contributed by atoms with Crippen LogP contribution in [0.5, 0.6) is 5.75 Å². The molecule has 0 bridgehead atoms. The zero-order valence-electron chi connectivity index (χ0n) is 9.52. The summed E-state index contributed by atoms with van der Waals surface area (Å²) in [5.41, 5.74) is 1.26. The topological polar surface area (TPSA) is 9.23 Å². The molecule has 0 saturated heterocycles. The summed E-state index contributed by atoms with van der Waals surface area (Å²) in [6, 6.07) is 16.6. The lowest BCUT2D eigenvalue weighted by molar-refractivity contribution is 0.412. The average Bonchev–Trinajstić information content (AvgIpc) is 2.39. The number of methoxy groups -OCH3 is 1. The van der Waals surface area contributed by atoms with E-state index >= 15 is 0 Å². The van der Waals surface area contributed by atoms with Gasteiger partial charge in [0.05, 0.1) is 11.6 Å². The average molecular weight is 309 g/mol. The second-order valence-electron chi connectivity index (χ2n) is 3.57. The van der Waals surface area contributed by atoms with E-state index in [-0.39, 0.29) is 0 Å². The van der Waals surface area contributed by atoms with Gasteiger partial charge in [0, 0.05) is 10.6 Å². The molecule has 88 valence electrons. The van der Waals surface area contributed by atoms with Crippen LogP contribution in [0.3, 0.4) is 0 Å². The maximum Gasteiger partial charge on any atom is 0.133 e. The van der Waals surface area contributed by atoms with Crippen LogP contribution in [0.2, 0.25) is 0 Å². The molecule has 0 aliphatic heterocycles. The molecule has 0 fully saturated rings. The van der Waals surface area contributed by atoms with Gasteiger partial charge < -0.3 is 4.74 Å². The molecule has 0 unspecified atom stereocenters. The number of hydrogen-bond donors (Lipinski definition) is 0. The van der Waals surface area contributed by atoms with Crippen LogP contribution < -0.4 is 4.74 Å². The quantitative estimate of drug-likeness (QED) is 0.754. The molecule has 0 radical (unpaired) electrons. The summed E-state index contributed by atoms with van der Waals surface area (Å²) in [4.78, 5) is 1.29. The third kappa shape index (κ3) is 3.51. The first-order valence-corrected chi connectivity index (χ1v) is 7.08. The SMILES string of the molecule is COc1cc(CSc2ccccc2)ccc1Br. The predicted octanol–water partition coefficient (Wildman–Crippen LogP) is 4.75. The second kappa shape index (κ2) is 6.12. The minimum absolute atomic E-state index is 0.885. The van der Waals surface area contributed by atoms with Gasteiger partial charge in [-0.2, -0.15) is 0 Å². The van der Waals surface area contributed by atoms with Gasteiger partial charge in [-0.3, -0.25) is 0 Å². The Labute approximate surface area is 114 Å². The van der Waals surface area contributed by atoms with Gasteiger partial charge in [-0.05, 0) is 45.8 Å². The number of thioether (sulfide) groups is 1. The maximum atomic E-state index is 5.28. The summed E-state index contributed by atoms with van der Waals surface area (Å²) in [5, 5.41) is 0. The number of benzene rings is 2. The first-order chi connectivity index (χ1) is 8.29. The monoisotopic (exact) mass is 308 g/mol. The molecule has 0 aromatic heterocycles. The lowest BCUT2D eigenvalue weighted by atomic mass is 10.2. The summed E-state index contributed by atoms with van der Waals surface area (Å²) in [6.45, 7) is 0. The standard InChI is InChI=1S/C14H13BrOS/c1-16-14-9-11(7-8-13(14)15)10-17-12-5-3-2-4-6-12/h2-9H,10H2,1H3. The third-order valence-corrected chi connectivity index (χ3v) is 4.10. The molecule has 0 aliphatic rings. The number of hydrogen-bond acceptors (Lipinski definition) is 2. The van der Waals surface area contributed by atoms with E-state index in [1.807, 2.05) is 23.9 Å². The van der Waals surface area contributed by atoms with E-state index in [0.29, 0.717) is 0 Å². The van der Waals surface area contributed by atoms with Gasteiger partial charge >= 0.3 is 0 Å². The Morgan fingerprint density at radius 3 is 2.59 bits per heavy atom. The Morgan fingerprint density at radius 1 is 1.12 bits per heavy atom. The molecule has 1 nitrogen and oxygen atoms in total. The van der Waals surface area contributed by atoms with Crippen molar-refractivity contribution in [2.24, 2.45) is 0 Å². The molecule has 0 aliphatic carbocycles. The molecular weight excluding hydrogens is 296 g/mol. The smallest absolute Gasteiger partial charge is 0.133 e. The van der Waals surface area contributed by atoms with E-state index in [4.69, 9.17) is 4.74 Å². The summed E-state index contributed by atoms with van der Waals surface area (Å²) < 4.78 is 6.28. The highest BCUT2D eigenvalue weighted by molar-refractivity contribution is 9.10. The maximum absolute atomic E-state index is 5.28. The second-order valence-corrected chi connectivity index (χ2v) is 5.47. The molecule has 0 amide bonds. The predicted molar refractivity (Wildman–Crippen MR) is 76.7 cm³/mol. The third-order valence-electron chi connectivity index (χ3n) is 2.36. The molecule has 2 aromatic rings. The Kier molecular flexibility index (Phi) is 4.51. The van der Waals surface area contributed by atoms with Crippen molar-refractivity contribution in [3.8, 4) is 5.75 Å². The summed E-state index contributed by atoms with van der Waals surface area (Å²) in [5.74, 6) is 1.84. The van der Waals surface area contributed by atoms with Crippen LogP contribution in [0.1, 0.15) is 5.56 Å². The van der Waals surface area contributed by atoms with Crippen LogP contribution >= 0.6 is 27.7 Å². The minimum Gasteiger partial charge on any atom is -0.496 e. The van der Waals surface area contributed by atoms with Crippen molar-refractivity contribution < 1.29 is 4.74 Å². The van der Waals surface area contributed by atoms with Crippen molar-refractivity contribution >= 4 is 27.7 Å². The minimum atomic E-state index is 0.885. The van der Waals surface area contributed by atoms with Crippen LogP contribution in [0.25, 0.3) is 0 Å². The van der Waals surface area contributed by atoms with Crippen LogP contribution in [0.15, 0.2) is 57.9 Å². The van der Waals surface area contributed by atoms with Crippen molar-refractivity contribution in [1.82, 2.24) is 0 Å². The molecule has 0 heterocycles. The Hall–Kier alpha value is -0.930. The number of halogens is 1. The summed E-state index contributed by atoms with van der Waals surface area (Å²) >= 11 is 5.28. The van der Waals surface area contributed by atoms with Gasteiger partial charge in [-0.25, -0.2) is 0 Å². The summed E-state index contributed by atoms with van der Waals surface area (Å²) in [6.07, 6.45) is 0. The molecule has 0 saturated carbocycles. The lowest BCUT2D eigenvalue weighted by Crippen LogP contribution is -1.87. The van der Waals surface area contributed by atoms with Crippen molar-refractivity contribution in [2.45, 2.75) is 10.6 Å². The van der Waals surface area contributed by atoms with Gasteiger partial charge in [0.1, 0.15) is 5.75 Å². The van der Waals surface area contributed by atoms with Crippen LogP contribution in [0, 0.1) is 0 Å². The zero-order valence-corrected chi connectivity index (χ0v) is 11.9. The molecule has 0 atom stereocenters. The fourth-order valence-electron chi connectivity index (χ4n) is 1.48. The van der Waals surface area contributed by atoms with Gasteiger partial charge in [0.25, 0.3) is 0 Å². The van der Waals surface area contributed by atoms with E-state index in [1.165, 1.54) is 10.5 Å².